The van der Waals surface area contributed by atoms with Crippen molar-refractivity contribution >= 4 is 37.4 Å². The number of ketones is 1. The van der Waals surface area contributed by atoms with Crippen LogP contribution in [0.3, 0.4) is 0 Å². The normalized spacial score (nSPS) is 28.2. The standard InChI is InChI=1S/C32H42N2O10Si/c1-9-42-29(37)32(6)25(43-28(36)20-16-21(33(38)39)18-22(17-20)34(40)41)13-11-19-10-12-23-24(44-45(7,8)30(2,3)4)14-15-31(23,5)27(35)26(19)32/h11,13,16-18,23-25H,9-10,12,14-15H2,1-8H3/t23-,24+,25?,31+,32-/m1/s1. The molecule has 1 saturated carbocycles. The molecule has 13 heteroatoms. The lowest BCUT2D eigenvalue weighted by molar-refractivity contribution is -0.394. The van der Waals surface area contributed by atoms with Crippen molar-refractivity contribution in [1.82, 2.24) is 0 Å². The molecule has 0 aliphatic heterocycles. The molecule has 0 N–H and O–H groups in total. The SMILES string of the molecule is CCOC(=O)[C@@]1(C)C2=C(C=CC1OC(=O)c1cc([N+](=O)[O-])cc([N+](=O)[O-])c1)CC[C@@H]1[C@@H](O[Si](C)(C)C(C)(C)C)CC[C@]1(C)C2=O. The third-order valence-electron chi connectivity index (χ3n) is 10.3. The van der Waals surface area contributed by atoms with Gasteiger partial charge < -0.3 is 13.9 Å². The van der Waals surface area contributed by atoms with Crippen molar-refractivity contribution in [3.8, 4) is 0 Å². The van der Waals surface area contributed by atoms with E-state index in [2.05, 4.69) is 33.9 Å². The molecule has 0 heterocycles. The second-order valence-corrected chi connectivity index (χ2v) is 18.9. The van der Waals surface area contributed by atoms with Crippen molar-refractivity contribution in [1.29, 1.82) is 0 Å². The first-order valence-corrected chi connectivity index (χ1v) is 18.1. The Balaban J connectivity index is 1.73. The van der Waals surface area contributed by atoms with Crippen LogP contribution in [-0.2, 0) is 23.5 Å². The molecule has 0 aromatic heterocycles. The Morgan fingerprint density at radius 1 is 1.04 bits per heavy atom. The van der Waals surface area contributed by atoms with E-state index in [-0.39, 0.29) is 35.0 Å². The molecule has 244 valence electrons. The van der Waals surface area contributed by atoms with Gasteiger partial charge in [-0.1, -0.05) is 33.8 Å². The summed E-state index contributed by atoms with van der Waals surface area (Å²) >= 11 is 0. The summed E-state index contributed by atoms with van der Waals surface area (Å²) in [7, 11) is -2.15. The minimum absolute atomic E-state index is 0.00893. The molecule has 1 aromatic carbocycles. The van der Waals surface area contributed by atoms with E-state index in [4.69, 9.17) is 13.9 Å². The van der Waals surface area contributed by atoms with Crippen LogP contribution < -0.4 is 0 Å². The molecule has 0 spiro atoms. The second kappa shape index (κ2) is 11.9. The van der Waals surface area contributed by atoms with Gasteiger partial charge in [0.05, 0.1) is 28.1 Å². The first-order chi connectivity index (χ1) is 20.8. The summed E-state index contributed by atoms with van der Waals surface area (Å²) < 4.78 is 18.1. The van der Waals surface area contributed by atoms with Gasteiger partial charge in [-0.25, -0.2) is 4.79 Å². The highest BCUT2D eigenvalue weighted by molar-refractivity contribution is 6.74. The maximum atomic E-state index is 14.7. The number of hydrogen-bond acceptors (Lipinski definition) is 10. The van der Waals surface area contributed by atoms with Gasteiger partial charge in [-0.3, -0.25) is 29.8 Å². The molecule has 1 unspecified atom stereocenters. The fourth-order valence-corrected chi connectivity index (χ4v) is 8.02. The Labute approximate surface area is 263 Å². The first kappa shape index (κ1) is 34.2. The van der Waals surface area contributed by atoms with Gasteiger partial charge in [0.25, 0.3) is 11.4 Å². The van der Waals surface area contributed by atoms with Crippen molar-refractivity contribution in [3.05, 3.63) is 67.3 Å². The number of nitro benzene ring substituents is 2. The molecule has 0 bridgehead atoms. The zero-order chi connectivity index (χ0) is 33.7. The molecule has 5 atom stereocenters. The fourth-order valence-electron chi connectivity index (χ4n) is 6.63. The van der Waals surface area contributed by atoms with Crippen LogP contribution >= 0.6 is 0 Å². The Morgan fingerprint density at radius 2 is 1.64 bits per heavy atom. The number of nitrogens with zero attached hydrogens (tertiary/aromatic N) is 2. The molecule has 1 aromatic rings. The summed E-state index contributed by atoms with van der Waals surface area (Å²) in [6.07, 6.45) is 4.21. The van der Waals surface area contributed by atoms with E-state index >= 15 is 0 Å². The fraction of sp³-hybridized carbons (Fsp3) is 0.594. The van der Waals surface area contributed by atoms with Gasteiger partial charge in [-0.2, -0.15) is 0 Å². The molecular formula is C32H42N2O10Si. The van der Waals surface area contributed by atoms with Gasteiger partial charge in [0.2, 0.25) is 0 Å². The molecule has 12 nitrogen and oxygen atoms in total. The monoisotopic (exact) mass is 642 g/mol. The summed E-state index contributed by atoms with van der Waals surface area (Å²) in [4.78, 5) is 63.0. The number of fused-ring (bicyclic) bond motifs is 1. The maximum absolute atomic E-state index is 14.7. The van der Waals surface area contributed by atoms with E-state index < -0.39 is 64.0 Å². The zero-order valence-electron chi connectivity index (χ0n) is 27.1. The molecule has 3 aliphatic rings. The zero-order valence-corrected chi connectivity index (χ0v) is 28.1. The van der Waals surface area contributed by atoms with Crippen LogP contribution in [0.15, 0.2) is 41.5 Å². The number of hydrogen-bond donors (Lipinski definition) is 0. The van der Waals surface area contributed by atoms with Crippen molar-refractivity contribution in [3.63, 3.8) is 0 Å². The highest BCUT2D eigenvalue weighted by Gasteiger charge is 2.60. The van der Waals surface area contributed by atoms with Crippen molar-refractivity contribution in [2.45, 2.75) is 97.6 Å². The molecule has 45 heavy (non-hydrogen) atoms. The van der Waals surface area contributed by atoms with Crippen LogP contribution in [0.4, 0.5) is 11.4 Å². The van der Waals surface area contributed by atoms with Gasteiger partial charge >= 0.3 is 11.9 Å². The molecule has 0 saturated heterocycles. The third-order valence-corrected chi connectivity index (χ3v) is 14.8. The maximum Gasteiger partial charge on any atom is 0.339 e. The summed E-state index contributed by atoms with van der Waals surface area (Å²) in [5.74, 6) is -2.18. The minimum Gasteiger partial charge on any atom is -0.465 e. The highest BCUT2D eigenvalue weighted by Crippen LogP contribution is 2.57. The van der Waals surface area contributed by atoms with Gasteiger partial charge in [0, 0.05) is 29.2 Å². The number of nitro groups is 2. The molecular weight excluding hydrogens is 600 g/mol. The van der Waals surface area contributed by atoms with Gasteiger partial charge in [0.15, 0.2) is 14.1 Å². The summed E-state index contributed by atoms with van der Waals surface area (Å²) in [5, 5.41) is 22.8. The summed E-state index contributed by atoms with van der Waals surface area (Å²) in [6.45, 7) is 16.0. The average Bonchev–Trinajstić information content (AvgIpc) is 3.20. The second-order valence-electron chi connectivity index (χ2n) is 14.1. The molecule has 3 aliphatic carbocycles. The predicted octanol–water partition coefficient (Wildman–Crippen LogP) is 6.63. The number of carbonyl (C=O) groups is 3. The average molecular weight is 643 g/mol. The minimum atomic E-state index is -2.15. The predicted molar refractivity (Wildman–Crippen MR) is 167 cm³/mol. The van der Waals surface area contributed by atoms with Gasteiger partial charge in [-0.05, 0) is 75.2 Å². The molecule has 4 rings (SSSR count). The lowest BCUT2D eigenvalue weighted by Gasteiger charge is -2.42. The number of ether oxygens (including phenoxy) is 2. The molecule has 1 fully saturated rings. The number of carbonyl (C=O) groups excluding carboxylic acids is 3. The highest BCUT2D eigenvalue weighted by atomic mass is 28.4. The number of non-ortho nitro benzene ring substituents is 2. The first-order valence-electron chi connectivity index (χ1n) is 15.2. The van der Waals surface area contributed by atoms with Crippen LogP contribution in [-0.4, -0.2) is 54.7 Å². The van der Waals surface area contributed by atoms with Gasteiger partial charge in [-0.15, -0.1) is 0 Å². The molecule has 0 amide bonds. The Hall–Kier alpha value is -3.71. The number of esters is 2. The Morgan fingerprint density at radius 3 is 2.18 bits per heavy atom. The quantitative estimate of drug-likeness (QED) is 0.130. The van der Waals surface area contributed by atoms with E-state index in [0.717, 1.165) is 18.2 Å². The van der Waals surface area contributed by atoms with E-state index in [1.54, 1.807) is 13.0 Å². The topological polar surface area (TPSA) is 165 Å². The Kier molecular flexibility index (Phi) is 9.03. The van der Waals surface area contributed by atoms with Crippen LogP contribution in [0.2, 0.25) is 18.1 Å². The summed E-state index contributed by atoms with van der Waals surface area (Å²) in [6, 6.07) is 2.48. The van der Waals surface area contributed by atoms with Crippen LogP contribution in [0.25, 0.3) is 0 Å². The van der Waals surface area contributed by atoms with E-state index in [1.165, 1.54) is 13.0 Å². The smallest absolute Gasteiger partial charge is 0.339 e. The number of Topliss-reactive ketones (excluding diaryl/α,β-unsaturated/α-hetero) is 1. The number of benzene rings is 1. The largest absolute Gasteiger partial charge is 0.465 e. The number of allylic oxidation sites excluding steroid dienone is 2. The summed E-state index contributed by atoms with van der Waals surface area (Å²) in [5.41, 5.74) is -3.45. The lowest BCUT2D eigenvalue weighted by Crippen LogP contribution is -2.50. The van der Waals surface area contributed by atoms with Crippen LogP contribution in [0.5, 0.6) is 0 Å². The van der Waals surface area contributed by atoms with Crippen LogP contribution in [0, 0.1) is 37.0 Å². The molecule has 0 radical (unpaired) electrons. The van der Waals surface area contributed by atoms with Gasteiger partial charge in [0.1, 0.15) is 11.5 Å². The Bertz CT molecular complexity index is 1480. The van der Waals surface area contributed by atoms with Crippen molar-refractivity contribution in [2.24, 2.45) is 16.7 Å². The van der Waals surface area contributed by atoms with E-state index in [9.17, 15) is 34.6 Å². The van der Waals surface area contributed by atoms with Crippen molar-refractivity contribution in [2.75, 3.05) is 6.61 Å². The van der Waals surface area contributed by atoms with E-state index in [0.29, 0.717) is 31.3 Å². The number of rotatable bonds is 8. The van der Waals surface area contributed by atoms with Crippen molar-refractivity contribution < 1.29 is 38.1 Å². The third kappa shape index (κ3) is 5.99. The van der Waals surface area contributed by atoms with E-state index in [1.807, 2.05) is 6.92 Å². The van der Waals surface area contributed by atoms with Crippen LogP contribution in [0.1, 0.15) is 77.6 Å². The lowest BCUT2D eigenvalue weighted by atomic mass is 9.64.